The molecule has 5 rings (SSSR count). The van der Waals surface area contributed by atoms with E-state index in [9.17, 15) is 9.59 Å². The van der Waals surface area contributed by atoms with Crippen LogP contribution in [0.4, 0.5) is 0 Å². The zero-order valence-electron chi connectivity index (χ0n) is 39.2. The molecule has 0 aromatic heterocycles. The third-order valence-electron chi connectivity index (χ3n) is 15.1. The van der Waals surface area contributed by atoms with Gasteiger partial charge in [0.1, 0.15) is 18.3 Å². The molecule has 2 heterocycles. The fourth-order valence-corrected chi connectivity index (χ4v) is 17.8. The Hall–Kier alpha value is -1.95. The molecule has 10 nitrogen and oxygen atoms in total. The van der Waals surface area contributed by atoms with Gasteiger partial charge in [-0.05, 0) is 104 Å². The predicted octanol–water partition coefficient (Wildman–Crippen LogP) is 10.2. The number of ether oxygens (including phenoxy) is 5. The number of rotatable bonds is 19. The van der Waals surface area contributed by atoms with Gasteiger partial charge in [-0.2, -0.15) is 0 Å². The van der Waals surface area contributed by atoms with Crippen LogP contribution in [0.25, 0.3) is 0 Å². The van der Waals surface area contributed by atoms with E-state index in [1.165, 1.54) is 6.92 Å². The first-order valence-electron chi connectivity index (χ1n) is 23.1. The van der Waals surface area contributed by atoms with Gasteiger partial charge >= 0.3 is 11.9 Å². The van der Waals surface area contributed by atoms with Crippen molar-refractivity contribution >= 4 is 37.6 Å². The van der Waals surface area contributed by atoms with Crippen LogP contribution in [0.15, 0.2) is 54.1 Å². The molecule has 0 spiro atoms. The molecular formula is C47H78O10Si3. The van der Waals surface area contributed by atoms with Gasteiger partial charge < -0.3 is 37.0 Å². The first kappa shape index (κ1) is 49.1. The Balaban J connectivity index is 1.83. The average Bonchev–Trinajstić information content (AvgIpc) is 3.65. The summed E-state index contributed by atoms with van der Waals surface area (Å²) >= 11 is 0. The lowest BCUT2D eigenvalue weighted by Crippen LogP contribution is -2.79. The van der Waals surface area contributed by atoms with Crippen LogP contribution in [-0.4, -0.2) is 99.3 Å². The Kier molecular flexibility index (Phi) is 16.2. The molecule has 0 bridgehead atoms. The first-order valence-corrected chi connectivity index (χ1v) is 30.9. The van der Waals surface area contributed by atoms with E-state index in [0.717, 1.165) is 53.8 Å². The van der Waals surface area contributed by atoms with Crippen molar-refractivity contribution in [3.63, 3.8) is 0 Å². The van der Waals surface area contributed by atoms with E-state index in [1.807, 2.05) is 18.2 Å². The molecule has 2 aliphatic carbocycles. The van der Waals surface area contributed by atoms with Gasteiger partial charge in [0.15, 0.2) is 37.6 Å². The summed E-state index contributed by atoms with van der Waals surface area (Å²) in [6, 6.07) is 15.0. The van der Waals surface area contributed by atoms with E-state index in [2.05, 4.69) is 88.9 Å². The van der Waals surface area contributed by atoms with E-state index < -0.39 is 90.7 Å². The highest BCUT2D eigenvalue weighted by Gasteiger charge is 2.75. The topological polar surface area (TPSA) is 108 Å². The fraction of sp³-hybridized carbons (Fsp3) is 0.745. The second-order valence-corrected chi connectivity index (χ2v) is 30.9. The minimum atomic E-state index is -2.29. The van der Waals surface area contributed by atoms with Gasteiger partial charge in [0.05, 0.1) is 36.4 Å². The van der Waals surface area contributed by atoms with Crippen molar-refractivity contribution in [1.29, 1.82) is 0 Å². The quantitative estimate of drug-likeness (QED) is 0.0757. The zero-order chi connectivity index (χ0) is 44.3. The molecule has 0 radical (unpaired) electrons. The van der Waals surface area contributed by atoms with Crippen molar-refractivity contribution in [2.75, 3.05) is 13.2 Å². The molecule has 0 N–H and O–H groups in total. The normalized spacial score (nSPS) is 32.7. The van der Waals surface area contributed by atoms with Crippen LogP contribution in [0.2, 0.25) is 49.4 Å². The van der Waals surface area contributed by atoms with Crippen LogP contribution >= 0.6 is 0 Å². The maximum atomic E-state index is 14.5. The lowest BCUT2D eigenvalue weighted by molar-refractivity contribution is -0.345. The third kappa shape index (κ3) is 9.45. The summed E-state index contributed by atoms with van der Waals surface area (Å²) in [5, 5.41) is 0. The van der Waals surface area contributed by atoms with Crippen LogP contribution in [0.5, 0.6) is 0 Å². The second-order valence-electron chi connectivity index (χ2n) is 19.0. The van der Waals surface area contributed by atoms with Crippen molar-refractivity contribution in [1.82, 2.24) is 0 Å². The molecule has 2 saturated carbocycles. The van der Waals surface area contributed by atoms with Crippen LogP contribution in [0.1, 0.15) is 106 Å². The molecule has 2 saturated heterocycles. The summed E-state index contributed by atoms with van der Waals surface area (Å²) in [5.74, 6) is -1.40. The van der Waals surface area contributed by atoms with Crippen LogP contribution in [0.3, 0.4) is 0 Å². The number of hydrogen-bond donors (Lipinski definition) is 0. The summed E-state index contributed by atoms with van der Waals surface area (Å²) in [6.45, 7) is 33.3. The van der Waals surface area contributed by atoms with Crippen LogP contribution < -0.4 is 0 Å². The van der Waals surface area contributed by atoms with Crippen LogP contribution in [0, 0.1) is 16.7 Å². The highest BCUT2D eigenvalue weighted by Crippen LogP contribution is 2.64. The van der Waals surface area contributed by atoms with Crippen molar-refractivity contribution in [2.24, 2.45) is 16.7 Å². The number of carbonyl (C=O) groups excluding carboxylic acids is 2. The Morgan fingerprint density at radius 2 is 1.55 bits per heavy atom. The molecule has 10 atom stereocenters. The maximum Gasteiger partial charge on any atom is 0.338 e. The number of benzene rings is 1. The van der Waals surface area contributed by atoms with Gasteiger partial charge in [0.2, 0.25) is 0 Å². The zero-order valence-corrected chi connectivity index (χ0v) is 42.4. The smallest absolute Gasteiger partial charge is 0.338 e. The molecule has 4 fully saturated rings. The minimum absolute atomic E-state index is 0.180. The van der Waals surface area contributed by atoms with Gasteiger partial charge in [-0.15, -0.1) is 0 Å². The highest BCUT2D eigenvalue weighted by atomic mass is 28.4. The second kappa shape index (κ2) is 19.8. The lowest BCUT2D eigenvalue weighted by atomic mass is 9.48. The summed E-state index contributed by atoms with van der Waals surface area (Å²) in [4.78, 5) is 27.8. The number of fused-ring (bicyclic) bond motifs is 5. The standard InChI is InChI=1S/C47H78O10Si3/c1-15-39-53-41-40(32(8)35(27-28-51-58(13)14)56-59(16-2,17-3)18-4)45(10,11)30-36(52-44(49)34-25-23-22-24-26-34)42-46(12,43(41)54-39)37(57-60(19-5,20-6)21-7)29-38-47(42,31-50-38)55-33(9)48/h15,22-26,35-39,41-43,58H,1,16-21,27-31H2,2-14H3/b40-32-/t35?,36?,37?,38?,39?,41?,42?,43?,46-,47?/m1/s1. The third-order valence-corrected chi connectivity index (χ3v) is 25.3. The molecule has 60 heavy (non-hydrogen) atoms. The van der Waals surface area contributed by atoms with Gasteiger partial charge in [-0.25, -0.2) is 4.79 Å². The van der Waals surface area contributed by atoms with E-state index in [0.29, 0.717) is 25.0 Å². The lowest BCUT2D eigenvalue weighted by Gasteiger charge is -2.67. The maximum absolute atomic E-state index is 14.5. The van der Waals surface area contributed by atoms with E-state index >= 15 is 0 Å². The molecular weight excluding hydrogens is 809 g/mol. The molecule has 4 aliphatic rings. The van der Waals surface area contributed by atoms with Crippen molar-refractivity contribution in [3.8, 4) is 0 Å². The van der Waals surface area contributed by atoms with Crippen LogP contribution in [-0.2, 0) is 41.8 Å². The first-order chi connectivity index (χ1) is 28.4. The summed E-state index contributed by atoms with van der Waals surface area (Å²) in [6.07, 6.45) is -0.270. The number of carbonyl (C=O) groups is 2. The number of esters is 2. The van der Waals surface area contributed by atoms with E-state index in [-0.39, 0.29) is 18.8 Å². The van der Waals surface area contributed by atoms with Crippen molar-refractivity contribution in [3.05, 3.63) is 59.7 Å². The summed E-state index contributed by atoms with van der Waals surface area (Å²) < 4.78 is 55.7. The predicted molar refractivity (Wildman–Crippen MR) is 245 cm³/mol. The van der Waals surface area contributed by atoms with E-state index in [4.69, 9.17) is 37.0 Å². The average molecular weight is 887 g/mol. The minimum Gasteiger partial charge on any atom is -0.458 e. The molecule has 9 unspecified atom stereocenters. The van der Waals surface area contributed by atoms with E-state index in [1.54, 1.807) is 18.2 Å². The highest BCUT2D eigenvalue weighted by molar-refractivity contribution is 6.74. The molecule has 0 amide bonds. The molecule has 1 aromatic carbocycles. The molecule has 13 heteroatoms. The van der Waals surface area contributed by atoms with Gasteiger partial charge in [-0.3, -0.25) is 4.79 Å². The molecule has 2 aliphatic heterocycles. The van der Waals surface area contributed by atoms with Gasteiger partial charge in [-0.1, -0.05) is 87.1 Å². The van der Waals surface area contributed by atoms with Crippen molar-refractivity contribution in [2.45, 2.75) is 193 Å². The van der Waals surface area contributed by atoms with Crippen molar-refractivity contribution < 1.29 is 46.6 Å². The summed E-state index contributed by atoms with van der Waals surface area (Å²) in [7, 11) is -5.71. The SMILES string of the molecule is C=CC1OC2/C(=C(\C)C(CCO[SiH](C)C)O[Si](CC)(CC)CC)C(C)(C)CC(OC(=O)c3ccccc3)C3C4(OC(C)=O)COC4CC(O[Si](CC)(CC)CC)[C@@]3(C)C2O1. The fourth-order valence-electron chi connectivity index (χ4n) is 11.4. The summed E-state index contributed by atoms with van der Waals surface area (Å²) in [5.41, 5.74) is 0.0388. The molecule has 1 aromatic rings. The Morgan fingerprint density at radius 1 is 0.933 bits per heavy atom. The Labute approximate surface area is 365 Å². The van der Waals surface area contributed by atoms with Gasteiger partial charge in [0, 0.05) is 25.4 Å². The number of hydrogen-bond acceptors (Lipinski definition) is 10. The Bertz CT molecular complexity index is 1640. The monoisotopic (exact) mass is 886 g/mol. The van der Waals surface area contributed by atoms with Gasteiger partial charge in [0.25, 0.3) is 0 Å². The largest absolute Gasteiger partial charge is 0.458 e. The molecule has 338 valence electrons. The Morgan fingerprint density at radius 3 is 2.07 bits per heavy atom.